The minimum atomic E-state index is -0.488. The summed E-state index contributed by atoms with van der Waals surface area (Å²) in [4.78, 5) is 11.7. The molecule has 6 heteroatoms. The van der Waals surface area contributed by atoms with Crippen LogP contribution in [0.4, 0.5) is 4.39 Å². The van der Waals surface area contributed by atoms with E-state index in [0.717, 1.165) is 0 Å². The van der Waals surface area contributed by atoms with Crippen LogP contribution in [0.2, 0.25) is 0 Å². The number of carbonyl (C=O) groups is 1. The molecule has 0 unspecified atom stereocenters. The van der Waals surface area contributed by atoms with Crippen molar-refractivity contribution in [1.29, 1.82) is 0 Å². The van der Waals surface area contributed by atoms with Crippen LogP contribution in [0.3, 0.4) is 0 Å². The summed E-state index contributed by atoms with van der Waals surface area (Å²) in [6.07, 6.45) is 1.41. The first-order valence-corrected chi connectivity index (χ1v) is 4.92. The first kappa shape index (κ1) is 11.3. The molecule has 0 radical (unpaired) electrons. The van der Waals surface area contributed by atoms with Gasteiger partial charge in [-0.3, -0.25) is 4.79 Å². The zero-order valence-electron chi connectivity index (χ0n) is 9.11. The number of ether oxygens (including phenoxy) is 1. The number of H-pyrrole nitrogens is 1. The molecule has 0 atom stereocenters. The van der Waals surface area contributed by atoms with Crippen molar-refractivity contribution in [2.45, 2.75) is 6.42 Å². The summed E-state index contributed by atoms with van der Waals surface area (Å²) < 4.78 is 18.2. The van der Waals surface area contributed by atoms with Gasteiger partial charge in [0, 0.05) is 6.42 Å². The van der Waals surface area contributed by atoms with Gasteiger partial charge < -0.3 is 4.74 Å². The molecule has 0 fully saturated rings. The zero-order valence-corrected chi connectivity index (χ0v) is 9.11. The van der Waals surface area contributed by atoms with Gasteiger partial charge in [0.25, 0.3) is 0 Å². The zero-order chi connectivity index (χ0) is 12.3. The number of benzene rings is 1. The monoisotopic (exact) mass is 235 g/mol. The molecule has 0 saturated carbocycles. The Hall–Kier alpha value is -2.24. The van der Waals surface area contributed by atoms with Crippen molar-refractivity contribution in [2.24, 2.45) is 0 Å². The maximum absolute atomic E-state index is 13.4. The highest BCUT2D eigenvalue weighted by Gasteiger charge is 2.11. The maximum atomic E-state index is 13.4. The topological polar surface area (TPSA) is 67.9 Å². The average molecular weight is 235 g/mol. The van der Waals surface area contributed by atoms with E-state index in [2.05, 4.69) is 15.4 Å². The van der Waals surface area contributed by atoms with E-state index in [0.29, 0.717) is 5.56 Å². The first-order chi connectivity index (χ1) is 8.20. The van der Waals surface area contributed by atoms with Gasteiger partial charge in [-0.15, -0.1) is 0 Å². The Morgan fingerprint density at radius 1 is 1.53 bits per heavy atom. The fourth-order valence-corrected chi connectivity index (χ4v) is 1.43. The highest BCUT2D eigenvalue weighted by atomic mass is 19.1. The van der Waals surface area contributed by atoms with Crippen molar-refractivity contribution >= 4 is 5.78 Å². The molecular formula is C11H10FN3O2. The van der Waals surface area contributed by atoms with Crippen molar-refractivity contribution in [3.05, 3.63) is 41.5 Å². The minimum absolute atomic E-state index is 0.0768. The number of methoxy groups -OCH3 is 1. The summed E-state index contributed by atoms with van der Waals surface area (Å²) >= 11 is 0. The number of aromatic amines is 1. The molecular weight excluding hydrogens is 225 g/mol. The van der Waals surface area contributed by atoms with Crippen molar-refractivity contribution in [2.75, 3.05) is 7.11 Å². The molecule has 0 bridgehead atoms. The smallest absolute Gasteiger partial charge is 0.189 e. The number of hydrogen-bond donors (Lipinski definition) is 1. The molecule has 17 heavy (non-hydrogen) atoms. The van der Waals surface area contributed by atoms with Crippen molar-refractivity contribution in [3.63, 3.8) is 0 Å². The predicted molar refractivity (Wildman–Crippen MR) is 57.4 cm³/mol. The van der Waals surface area contributed by atoms with E-state index in [9.17, 15) is 9.18 Å². The first-order valence-electron chi connectivity index (χ1n) is 4.92. The summed E-state index contributed by atoms with van der Waals surface area (Å²) in [6, 6.07) is 4.40. The molecule has 88 valence electrons. The van der Waals surface area contributed by atoms with Crippen LogP contribution in [-0.4, -0.2) is 28.3 Å². The number of nitrogens with one attached hydrogen (secondary N) is 1. The van der Waals surface area contributed by atoms with Gasteiger partial charge in [0.05, 0.1) is 13.3 Å². The van der Waals surface area contributed by atoms with Crippen LogP contribution < -0.4 is 4.74 Å². The molecule has 2 aromatic rings. The quantitative estimate of drug-likeness (QED) is 0.813. The number of carbonyl (C=O) groups excluding carboxylic acids is 1. The van der Waals surface area contributed by atoms with E-state index in [1.807, 2.05) is 0 Å². The van der Waals surface area contributed by atoms with Gasteiger partial charge in [0.15, 0.2) is 17.3 Å². The Kier molecular flexibility index (Phi) is 3.13. The highest BCUT2D eigenvalue weighted by Crippen LogP contribution is 2.18. The fourth-order valence-electron chi connectivity index (χ4n) is 1.43. The van der Waals surface area contributed by atoms with Crippen LogP contribution >= 0.6 is 0 Å². The predicted octanol–water partition coefficient (Wildman–Crippen LogP) is 1.38. The van der Waals surface area contributed by atoms with Gasteiger partial charge in [-0.1, -0.05) is 6.07 Å². The Morgan fingerprint density at radius 2 is 2.35 bits per heavy atom. The lowest BCUT2D eigenvalue weighted by atomic mass is 10.1. The molecule has 1 N–H and O–H groups in total. The summed E-state index contributed by atoms with van der Waals surface area (Å²) in [7, 11) is 1.39. The van der Waals surface area contributed by atoms with Crippen LogP contribution in [0.1, 0.15) is 16.1 Å². The standard InChI is InChI=1S/C11H10FN3O2/c1-17-11-3-2-7(4-8(11)12)5-10(16)9-6-13-15-14-9/h2-4,6H,5H2,1H3,(H,13,14,15). The van der Waals surface area contributed by atoms with E-state index >= 15 is 0 Å². The number of hydrogen-bond acceptors (Lipinski definition) is 4. The Labute approximate surface area is 96.6 Å². The van der Waals surface area contributed by atoms with E-state index in [1.54, 1.807) is 6.07 Å². The lowest BCUT2D eigenvalue weighted by Gasteiger charge is -2.03. The Balaban J connectivity index is 2.14. The fraction of sp³-hybridized carbons (Fsp3) is 0.182. The minimum Gasteiger partial charge on any atom is -0.494 e. The van der Waals surface area contributed by atoms with Crippen molar-refractivity contribution < 1.29 is 13.9 Å². The highest BCUT2D eigenvalue weighted by molar-refractivity contribution is 5.95. The normalized spacial score (nSPS) is 10.2. The number of rotatable bonds is 4. The summed E-state index contributed by atoms with van der Waals surface area (Å²) in [5.41, 5.74) is 0.803. The molecule has 5 nitrogen and oxygen atoms in total. The van der Waals surface area contributed by atoms with E-state index in [-0.39, 0.29) is 23.6 Å². The van der Waals surface area contributed by atoms with Gasteiger partial charge >= 0.3 is 0 Å². The van der Waals surface area contributed by atoms with Crippen molar-refractivity contribution in [3.8, 4) is 5.75 Å². The van der Waals surface area contributed by atoms with Crippen molar-refractivity contribution in [1.82, 2.24) is 15.4 Å². The molecule has 0 amide bonds. The van der Waals surface area contributed by atoms with Crippen LogP contribution in [0, 0.1) is 5.82 Å². The Morgan fingerprint density at radius 3 is 2.94 bits per heavy atom. The molecule has 1 aromatic carbocycles. The molecule has 0 saturated heterocycles. The van der Waals surface area contributed by atoms with E-state index < -0.39 is 5.82 Å². The molecule has 0 aliphatic heterocycles. The summed E-state index contributed by atoms with van der Waals surface area (Å²) in [6.45, 7) is 0. The number of Topliss-reactive ketones (excluding diaryl/α,β-unsaturated/α-hetero) is 1. The average Bonchev–Trinajstić information content (AvgIpc) is 2.82. The number of ketones is 1. The second kappa shape index (κ2) is 4.73. The van der Waals surface area contributed by atoms with Crippen LogP contribution in [0.25, 0.3) is 0 Å². The van der Waals surface area contributed by atoms with Gasteiger partial charge in [-0.25, -0.2) is 4.39 Å². The van der Waals surface area contributed by atoms with Crippen LogP contribution in [0.5, 0.6) is 5.75 Å². The largest absolute Gasteiger partial charge is 0.494 e. The molecule has 0 aliphatic rings. The van der Waals surface area contributed by atoms with Crippen LogP contribution in [-0.2, 0) is 6.42 Å². The van der Waals surface area contributed by atoms with E-state index in [1.165, 1.54) is 25.4 Å². The molecule has 1 heterocycles. The third kappa shape index (κ3) is 2.47. The lowest BCUT2D eigenvalue weighted by Crippen LogP contribution is -2.04. The molecule has 2 rings (SSSR count). The lowest BCUT2D eigenvalue weighted by molar-refractivity contribution is 0.0988. The van der Waals surface area contributed by atoms with Gasteiger partial charge in [-0.2, -0.15) is 15.4 Å². The number of nitrogens with zero attached hydrogens (tertiary/aromatic N) is 2. The molecule has 0 spiro atoms. The molecule has 1 aromatic heterocycles. The second-order valence-corrected chi connectivity index (χ2v) is 3.42. The third-order valence-electron chi connectivity index (χ3n) is 2.28. The van der Waals surface area contributed by atoms with Gasteiger partial charge in [0.2, 0.25) is 0 Å². The number of aromatic nitrogens is 3. The maximum Gasteiger partial charge on any atom is 0.189 e. The van der Waals surface area contributed by atoms with E-state index in [4.69, 9.17) is 4.74 Å². The third-order valence-corrected chi connectivity index (χ3v) is 2.28. The van der Waals surface area contributed by atoms with Gasteiger partial charge in [0.1, 0.15) is 5.69 Å². The number of halogens is 1. The second-order valence-electron chi connectivity index (χ2n) is 3.42. The SMILES string of the molecule is COc1ccc(CC(=O)c2cn[nH]n2)cc1F. The summed E-state index contributed by atoms with van der Waals surface area (Å²) in [5.74, 6) is -0.552. The Bertz CT molecular complexity index is 526. The molecule has 0 aliphatic carbocycles. The van der Waals surface area contributed by atoms with Gasteiger partial charge in [-0.05, 0) is 17.7 Å². The van der Waals surface area contributed by atoms with Crippen LogP contribution in [0.15, 0.2) is 24.4 Å². The summed E-state index contributed by atoms with van der Waals surface area (Å²) in [5, 5.41) is 9.55.